The summed E-state index contributed by atoms with van der Waals surface area (Å²) in [5.41, 5.74) is 2.33. The lowest BCUT2D eigenvalue weighted by Gasteiger charge is -2.21. The van der Waals surface area contributed by atoms with Crippen molar-refractivity contribution in [1.29, 1.82) is 0 Å². The molecule has 0 unspecified atom stereocenters. The van der Waals surface area contributed by atoms with Crippen LogP contribution in [0.25, 0.3) is 11.1 Å². The van der Waals surface area contributed by atoms with Gasteiger partial charge in [-0.15, -0.1) is 0 Å². The Hall–Kier alpha value is -4.73. The molecule has 3 aromatic carbocycles. The lowest BCUT2D eigenvalue weighted by Crippen LogP contribution is -2.38. The number of rotatable bonds is 12. The Morgan fingerprint density at radius 2 is 1.72 bits per heavy atom. The van der Waals surface area contributed by atoms with E-state index in [-0.39, 0.29) is 19.7 Å². The first-order valence-electron chi connectivity index (χ1n) is 12.5. The molecular weight excluding hydrogens is 502 g/mol. The molecule has 4 aromatic rings. The van der Waals surface area contributed by atoms with Gasteiger partial charge in [-0.3, -0.25) is 9.69 Å². The van der Waals surface area contributed by atoms with E-state index >= 15 is 0 Å². The smallest absolute Gasteiger partial charge is 0.416 e. The van der Waals surface area contributed by atoms with Crippen LogP contribution in [-0.4, -0.2) is 62.4 Å². The number of oxazole rings is 1. The molecule has 10 nitrogen and oxygen atoms in total. The fourth-order valence-electron chi connectivity index (χ4n) is 3.71. The highest BCUT2D eigenvalue weighted by atomic mass is 16.6. The number of benzene rings is 3. The Morgan fingerprint density at radius 3 is 2.46 bits per heavy atom. The van der Waals surface area contributed by atoms with Gasteiger partial charge in [-0.2, -0.15) is 4.98 Å². The summed E-state index contributed by atoms with van der Waals surface area (Å²) in [5, 5.41) is 0. The molecule has 0 spiro atoms. The molecule has 0 saturated heterocycles. The molecule has 0 radical (unpaired) electrons. The van der Waals surface area contributed by atoms with E-state index in [2.05, 4.69) is 4.98 Å². The Kier molecular flexibility index (Phi) is 9.23. The second-order valence-corrected chi connectivity index (χ2v) is 8.59. The molecule has 0 fully saturated rings. The molecule has 0 atom stereocenters. The minimum absolute atomic E-state index is 0.141. The van der Waals surface area contributed by atoms with E-state index in [1.165, 1.54) is 12.0 Å². The zero-order chi connectivity index (χ0) is 27.6. The first-order chi connectivity index (χ1) is 18.9. The third-order valence-electron chi connectivity index (χ3n) is 5.73. The number of nitrogens with zero attached hydrogens (tertiary/aromatic N) is 3. The van der Waals surface area contributed by atoms with Gasteiger partial charge in [0.2, 0.25) is 0 Å². The third-order valence-corrected chi connectivity index (χ3v) is 5.73. The summed E-state index contributed by atoms with van der Waals surface area (Å²) in [6.07, 6.45) is -0.682. The predicted octanol–water partition coefficient (Wildman–Crippen LogP) is 4.92. The molecule has 0 aliphatic carbocycles. The first kappa shape index (κ1) is 27.3. The highest BCUT2D eigenvalue weighted by Crippen LogP contribution is 2.22. The predicted molar refractivity (Wildman–Crippen MR) is 145 cm³/mol. The van der Waals surface area contributed by atoms with Gasteiger partial charge < -0.3 is 28.3 Å². The minimum atomic E-state index is -0.682. The van der Waals surface area contributed by atoms with Gasteiger partial charge in [-0.1, -0.05) is 30.3 Å². The van der Waals surface area contributed by atoms with Crippen molar-refractivity contribution in [2.75, 3.05) is 45.4 Å². The van der Waals surface area contributed by atoms with Crippen molar-refractivity contribution in [1.82, 2.24) is 9.88 Å². The van der Waals surface area contributed by atoms with Gasteiger partial charge >= 0.3 is 12.1 Å². The summed E-state index contributed by atoms with van der Waals surface area (Å²) >= 11 is 0. The van der Waals surface area contributed by atoms with Gasteiger partial charge in [0.25, 0.3) is 6.01 Å². The lowest BCUT2D eigenvalue weighted by atomic mass is 10.2. The normalized spacial score (nSPS) is 10.6. The lowest BCUT2D eigenvalue weighted by molar-refractivity contribution is -0.144. The molecule has 0 bridgehead atoms. The van der Waals surface area contributed by atoms with Gasteiger partial charge in [0.1, 0.15) is 35.9 Å². The van der Waals surface area contributed by atoms with Crippen LogP contribution in [0.2, 0.25) is 0 Å². The number of carbonyl (C=O) groups excluding carboxylic acids is 2. The highest BCUT2D eigenvalue weighted by Gasteiger charge is 2.21. The number of anilines is 1. The van der Waals surface area contributed by atoms with Crippen LogP contribution in [0.5, 0.6) is 17.2 Å². The number of hydrogen-bond donors (Lipinski definition) is 0. The second kappa shape index (κ2) is 13.2. The van der Waals surface area contributed by atoms with Gasteiger partial charge in [-0.05, 0) is 48.9 Å². The van der Waals surface area contributed by atoms with Crippen LogP contribution in [0.15, 0.2) is 77.2 Å². The summed E-state index contributed by atoms with van der Waals surface area (Å²) in [4.78, 5) is 32.7. The van der Waals surface area contributed by atoms with Crippen LogP contribution in [0.1, 0.15) is 12.5 Å². The fraction of sp³-hybridized carbons (Fsp3) is 0.276. The van der Waals surface area contributed by atoms with Crippen LogP contribution in [0.4, 0.5) is 10.8 Å². The molecule has 4 rings (SSSR count). The van der Waals surface area contributed by atoms with E-state index in [4.69, 9.17) is 23.4 Å². The van der Waals surface area contributed by atoms with E-state index in [1.54, 1.807) is 31.2 Å². The Morgan fingerprint density at radius 1 is 0.949 bits per heavy atom. The van der Waals surface area contributed by atoms with Crippen molar-refractivity contribution in [3.05, 3.63) is 78.4 Å². The van der Waals surface area contributed by atoms with E-state index in [0.717, 1.165) is 16.7 Å². The van der Waals surface area contributed by atoms with Crippen molar-refractivity contribution < 1.29 is 33.0 Å². The summed E-state index contributed by atoms with van der Waals surface area (Å²) in [6.45, 7) is 2.79. The summed E-state index contributed by atoms with van der Waals surface area (Å²) in [6, 6.07) is 22.1. The molecule has 1 aromatic heterocycles. The topological polar surface area (TPSA) is 104 Å². The SMILES string of the molecule is CCOC(=O)CN(Cc1ccc(OCCN(C)c2nc3ccccc3o2)cc1)C(=O)Oc1cccc(OC)c1. The average Bonchev–Trinajstić information content (AvgIpc) is 3.38. The number of carbonyl (C=O) groups is 2. The number of fused-ring (bicyclic) bond motifs is 1. The maximum absolute atomic E-state index is 12.9. The standard InChI is InChI=1S/C29H31N3O7/c1-4-36-27(33)20-32(29(34)38-24-9-7-8-23(18-24)35-3)19-21-12-14-22(15-13-21)37-17-16-31(2)28-30-25-10-5-6-11-26(25)39-28/h5-15,18H,4,16-17,19-20H2,1-3H3. The molecule has 0 saturated carbocycles. The monoisotopic (exact) mass is 533 g/mol. The number of methoxy groups -OCH3 is 1. The van der Waals surface area contributed by atoms with Gasteiger partial charge in [0.05, 0.1) is 20.3 Å². The first-order valence-corrected chi connectivity index (χ1v) is 12.5. The molecule has 0 aliphatic heterocycles. The number of amides is 1. The maximum Gasteiger partial charge on any atom is 0.416 e. The zero-order valence-electron chi connectivity index (χ0n) is 22.2. The quantitative estimate of drug-likeness (QED) is 0.235. The second-order valence-electron chi connectivity index (χ2n) is 8.59. The summed E-state index contributed by atoms with van der Waals surface area (Å²) in [7, 11) is 3.41. The van der Waals surface area contributed by atoms with Gasteiger partial charge in [0.15, 0.2) is 5.58 Å². The number of likely N-dealkylation sites (N-methyl/N-ethyl adjacent to an activating group) is 1. The molecule has 0 N–H and O–H groups in total. The van der Waals surface area contributed by atoms with Crippen molar-refractivity contribution in [3.8, 4) is 17.2 Å². The van der Waals surface area contributed by atoms with E-state index < -0.39 is 12.1 Å². The highest BCUT2D eigenvalue weighted by molar-refractivity contribution is 5.79. The molecule has 1 amide bonds. The molecule has 39 heavy (non-hydrogen) atoms. The van der Waals surface area contributed by atoms with Crippen LogP contribution < -0.4 is 19.1 Å². The number of para-hydroxylation sites is 2. The van der Waals surface area contributed by atoms with Crippen molar-refractivity contribution >= 4 is 29.2 Å². The fourth-order valence-corrected chi connectivity index (χ4v) is 3.71. The minimum Gasteiger partial charge on any atom is -0.497 e. The van der Waals surface area contributed by atoms with Crippen molar-refractivity contribution in [3.63, 3.8) is 0 Å². The van der Waals surface area contributed by atoms with Crippen molar-refractivity contribution in [2.24, 2.45) is 0 Å². The largest absolute Gasteiger partial charge is 0.497 e. The maximum atomic E-state index is 12.9. The van der Waals surface area contributed by atoms with Crippen LogP contribution in [0.3, 0.4) is 0 Å². The van der Waals surface area contributed by atoms with E-state index in [9.17, 15) is 9.59 Å². The van der Waals surface area contributed by atoms with Crippen molar-refractivity contribution in [2.45, 2.75) is 13.5 Å². The van der Waals surface area contributed by atoms with Gasteiger partial charge in [0, 0.05) is 19.7 Å². The molecule has 1 heterocycles. The number of aromatic nitrogens is 1. The summed E-state index contributed by atoms with van der Waals surface area (Å²) < 4.78 is 27.3. The van der Waals surface area contributed by atoms with E-state index in [0.29, 0.717) is 36.4 Å². The number of hydrogen-bond acceptors (Lipinski definition) is 9. The Labute approximate surface area is 226 Å². The number of ether oxygens (including phenoxy) is 4. The van der Waals surface area contributed by atoms with Gasteiger partial charge in [-0.25, -0.2) is 4.79 Å². The molecular formula is C29H31N3O7. The zero-order valence-corrected chi connectivity index (χ0v) is 22.2. The average molecular weight is 534 g/mol. The van der Waals surface area contributed by atoms with Crippen LogP contribution in [0, 0.1) is 0 Å². The third kappa shape index (κ3) is 7.64. The molecule has 0 aliphatic rings. The summed E-state index contributed by atoms with van der Waals surface area (Å²) in [5.74, 6) is 0.997. The molecule has 10 heteroatoms. The molecule has 204 valence electrons. The van der Waals surface area contributed by atoms with Crippen LogP contribution >= 0.6 is 0 Å². The number of esters is 1. The van der Waals surface area contributed by atoms with E-state index in [1.807, 2.05) is 60.5 Å². The Bertz CT molecular complexity index is 1350. The van der Waals surface area contributed by atoms with Crippen LogP contribution in [-0.2, 0) is 16.1 Å². The Balaban J connectivity index is 1.33.